The lowest BCUT2D eigenvalue weighted by atomic mass is 10.2. The summed E-state index contributed by atoms with van der Waals surface area (Å²) >= 11 is 0. The zero-order valence-electron chi connectivity index (χ0n) is 10.4. The minimum atomic E-state index is 0.331. The van der Waals surface area contributed by atoms with Crippen LogP contribution in [0.2, 0.25) is 0 Å². The first kappa shape index (κ1) is 13.7. The monoisotopic (exact) mass is 206 g/mol. The van der Waals surface area contributed by atoms with Gasteiger partial charge in [0.15, 0.2) is 0 Å². The van der Waals surface area contributed by atoms with Crippen LogP contribution in [0.4, 0.5) is 0 Å². The predicted molar refractivity (Wildman–Crippen MR) is 66.6 cm³/mol. The average molecular weight is 206 g/mol. The van der Waals surface area contributed by atoms with Gasteiger partial charge in [-0.1, -0.05) is 26.0 Å². The molecule has 0 radical (unpaired) electrons. The number of nitrogens with zero attached hydrogens (tertiary/aromatic N) is 2. The van der Waals surface area contributed by atoms with Gasteiger partial charge < -0.3 is 4.90 Å². The van der Waals surface area contributed by atoms with Crippen LogP contribution in [-0.4, -0.2) is 16.9 Å². The van der Waals surface area contributed by atoms with Crippen LogP contribution >= 0.6 is 0 Å². The smallest absolute Gasteiger partial charge is 0.0676 e. The largest absolute Gasteiger partial charge is 0.372 e. The highest BCUT2D eigenvalue weighted by Gasteiger charge is 2.07. The van der Waals surface area contributed by atoms with E-state index in [0.29, 0.717) is 6.04 Å². The van der Waals surface area contributed by atoms with Gasteiger partial charge in [0.1, 0.15) is 0 Å². The summed E-state index contributed by atoms with van der Waals surface area (Å²) in [4.78, 5) is 6.45. The molecule has 1 heterocycles. The molecule has 0 saturated carbocycles. The highest BCUT2D eigenvalue weighted by atomic mass is 15.1. The second-order valence-corrected chi connectivity index (χ2v) is 3.08. The van der Waals surface area contributed by atoms with Gasteiger partial charge in [-0.3, -0.25) is 4.98 Å². The Bertz CT molecular complexity index is 267. The van der Waals surface area contributed by atoms with Crippen molar-refractivity contribution in [2.24, 2.45) is 0 Å². The minimum absolute atomic E-state index is 0.331. The third-order valence-electron chi connectivity index (χ3n) is 2.11. The molecule has 0 amide bonds. The average Bonchev–Trinajstić information content (AvgIpc) is 2.32. The van der Waals surface area contributed by atoms with Gasteiger partial charge in [0.05, 0.1) is 11.7 Å². The third kappa shape index (κ3) is 4.63. The first-order chi connectivity index (χ1) is 7.25. The molecule has 2 heteroatoms. The maximum atomic E-state index is 4.31. The Hall–Kier alpha value is -1.31. The van der Waals surface area contributed by atoms with Crippen LogP contribution < -0.4 is 0 Å². The molecule has 0 fully saturated rings. The van der Waals surface area contributed by atoms with E-state index in [4.69, 9.17) is 0 Å². The Morgan fingerprint density at radius 1 is 1.33 bits per heavy atom. The fourth-order valence-electron chi connectivity index (χ4n) is 1.20. The molecule has 0 aliphatic rings. The summed E-state index contributed by atoms with van der Waals surface area (Å²) in [5.41, 5.74) is 1.10. The van der Waals surface area contributed by atoms with E-state index in [9.17, 15) is 0 Å². The lowest BCUT2D eigenvalue weighted by molar-refractivity contribution is 0.354. The number of hydrogen-bond donors (Lipinski definition) is 0. The molecule has 0 aliphatic carbocycles. The zero-order chi connectivity index (χ0) is 11.7. The summed E-state index contributed by atoms with van der Waals surface area (Å²) in [7, 11) is 2.05. The van der Waals surface area contributed by atoms with E-state index in [1.165, 1.54) is 0 Å². The van der Waals surface area contributed by atoms with E-state index in [1.54, 1.807) is 0 Å². The Morgan fingerprint density at radius 3 is 2.47 bits per heavy atom. The van der Waals surface area contributed by atoms with Crippen LogP contribution in [0.25, 0.3) is 0 Å². The molecule has 0 N–H and O–H groups in total. The van der Waals surface area contributed by atoms with Gasteiger partial charge in [0.25, 0.3) is 0 Å². The van der Waals surface area contributed by atoms with Crippen molar-refractivity contribution in [3.05, 3.63) is 42.4 Å². The van der Waals surface area contributed by atoms with Crippen LogP contribution in [0.15, 0.2) is 36.7 Å². The third-order valence-corrected chi connectivity index (χ3v) is 2.11. The molecule has 15 heavy (non-hydrogen) atoms. The molecule has 1 rings (SSSR count). The fourth-order valence-corrected chi connectivity index (χ4v) is 1.20. The quantitative estimate of drug-likeness (QED) is 0.750. The molecule has 0 saturated heterocycles. The molecule has 0 aromatic carbocycles. The van der Waals surface area contributed by atoms with Crippen molar-refractivity contribution in [2.75, 3.05) is 7.05 Å². The van der Waals surface area contributed by atoms with Crippen molar-refractivity contribution in [3.8, 4) is 0 Å². The highest BCUT2D eigenvalue weighted by molar-refractivity contribution is 5.08. The molecule has 1 aromatic heterocycles. The molecule has 1 unspecified atom stereocenters. The van der Waals surface area contributed by atoms with Crippen molar-refractivity contribution in [2.45, 2.75) is 33.7 Å². The van der Waals surface area contributed by atoms with Gasteiger partial charge in [-0.15, -0.1) is 0 Å². The van der Waals surface area contributed by atoms with Crippen molar-refractivity contribution in [1.29, 1.82) is 0 Å². The van der Waals surface area contributed by atoms with Crippen LogP contribution in [0.1, 0.15) is 39.4 Å². The molecule has 1 aromatic rings. The maximum Gasteiger partial charge on any atom is 0.0676 e. The van der Waals surface area contributed by atoms with Gasteiger partial charge in [-0.05, 0) is 32.2 Å². The van der Waals surface area contributed by atoms with Gasteiger partial charge in [-0.2, -0.15) is 0 Å². The number of aromatic nitrogens is 1. The van der Waals surface area contributed by atoms with Gasteiger partial charge in [0, 0.05) is 13.2 Å². The second kappa shape index (κ2) is 8.04. The number of allylic oxidation sites excluding steroid dienone is 1. The Labute approximate surface area is 93.6 Å². The normalized spacial score (nSPS) is 11.8. The summed E-state index contributed by atoms with van der Waals surface area (Å²) in [6.07, 6.45) is 5.91. The summed E-state index contributed by atoms with van der Waals surface area (Å²) in [5, 5.41) is 0. The second-order valence-electron chi connectivity index (χ2n) is 3.08. The van der Waals surface area contributed by atoms with Crippen molar-refractivity contribution in [1.82, 2.24) is 9.88 Å². The van der Waals surface area contributed by atoms with Crippen molar-refractivity contribution >= 4 is 0 Å². The lowest BCUT2D eigenvalue weighted by Gasteiger charge is -2.22. The summed E-state index contributed by atoms with van der Waals surface area (Å²) in [5.74, 6) is 0. The Kier molecular flexibility index (Phi) is 7.33. The van der Waals surface area contributed by atoms with E-state index < -0.39 is 0 Å². The summed E-state index contributed by atoms with van der Waals surface area (Å²) < 4.78 is 0. The Balaban J connectivity index is 0.000000921. The first-order valence-corrected chi connectivity index (χ1v) is 5.51. The summed E-state index contributed by atoms with van der Waals surface area (Å²) in [6.45, 7) is 8.16. The molecule has 0 bridgehead atoms. The van der Waals surface area contributed by atoms with Crippen LogP contribution in [0.5, 0.6) is 0 Å². The van der Waals surface area contributed by atoms with Crippen LogP contribution in [0.3, 0.4) is 0 Å². The Morgan fingerprint density at radius 2 is 2.00 bits per heavy atom. The predicted octanol–water partition coefficient (Wildman–Crippen LogP) is 3.63. The van der Waals surface area contributed by atoms with Gasteiger partial charge >= 0.3 is 0 Å². The number of hydrogen-bond acceptors (Lipinski definition) is 2. The van der Waals surface area contributed by atoms with Crippen LogP contribution in [-0.2, 0) is 0 Å². The highest BCUT2D eigenvalue weighted by Crippen LogP contribution is 2.15. The molecule has 84 valence electrons. The zero-order valence-corrected chi connectivity index (χ0v) is 10.4. The molecule has 0 aliphatic heterocycles. The molecular weight excluding hydrogens is 184 g/mol. The summed E-state index contributed by atoms with van der Waals surface area (Å²) in [6, 6.07) is 6.33. The van der Waals surface area contributed by atoms with Gasteiger partial charge in [-0.25, -0.2) is 0 Å². The lowest BCUT2D eigenvalue weighted by Crippen LogP contribution is -2.16. The molecule has 2 nitrogen and oxygen atoms in total. The van der Waals surface area contributed by atoms with E-state index in [2.05, 4.69) is 30.1 Å². The molecule has 0 spiro atoms. The van der Waals surface area contributed by atoms with E-state index in [0.717, 1.165) is 5.69 Å². The first-order valence-electron chi connectivity index (χ1n) is 5.51. The SMILES string of the molecule is C/C=C\N(C)C(C)c1ccccn1.CC. The fraction of sp³-hybridized carbons (Fsp3) is 0.462. The van der Waals surface area contributed by atoms with E-state index in [1.807, 2.05) is 51.2 Å². The van der Waals surface area contributed by atoms with Gasteiger partial charge in [0.2, 0.25) is 0 Å². The van der Waals surface area contributed by atoms with Crippen LogP contribution in [0, 0.1) is 0 Å². The number of pyridine rings is 1. The molecule has 1 atom stereocenters. The standard InChI is InChI=1S/C11H16N2.C2H6/c1-4-9-13(3)10(2)11-7-5-6-8-12-11;1-2/h4-10H,1-3H3;1-2H3/b9-4-;. The molecular formula is C13H22N2. The van der Waals surface area contributed by atoms with E-state index in [-0.39, 0.29) is 0 Å². The van der Waals surface area contributed by atoms with E-state index >= 15 is 0 Å². The van der Waals surface area contributed by atoms with Crippen molar-refractivity contribution < 1.29 is 0 Å². The maximum absolute atomic E-state index is 4.31. The number of rotatable bonds is 3. The minimum Gasteiger partial charge on any atom is -0.372 e. The topological polar surface area (TPSA) is 16.1 Å². The van der Waals surface area contributed by atoms with Crippen molar-refractivity contribution in [3.63, 3.8) is 0 Å².